The van der Waals surface area contributed by atoms with Gasteiger partial charge in [0.25, 0.3) is 5.91 Å². The number of carbonyl (C=O) groups excluding carboxylic acids is 1. The third-order valence-corrected chi connectivity index (χ3v) is 4.77. The molecule has 0 spiro atoms. The van der Waals surface area contributed by atoms with Crippen molar-refractivity contribution in [1.29, 1.82) is 0 Å². The molecular weight excluding hydrogens is 380 g/mol. The van der Waals surface area contributed by atoms with Crippen molar-refractivity contribution in [1.82, 2.24) is 19.7 Å². The maximum atomic E-state index is 12.9. The fourth-order valence-corrected chi connectivity index (χ4v) is 3.13. The summed E-state index contributed by atoms with van der Waals surface area (Å²) >= 11 is 6.01. The highest BCUT2D eigenvalue weighted by Gasteiger charge is 2.25. The number of ether oxygens (including phenoxy) is 2. The average molecular weight is 399 g/mol. The van der Waals surface area contributed by atoms with Crippen LogP contribution in [0, 0.1) is 0 Å². The van der Waals surface area contributed by atoms with E-state index in [2.05, 4.69) is 10.1 Å². The van der Waals surface area contributed by atoms with Gasteiger partial charge in [-0.05, 0) is 48.5 Å². The summed E-state index contributed by atoms with van der Waals surface area (Å²) in [7, 11) is 1.62. The van der Waals surface area contributed by atoms with E-state index in [-0.39, 0.29) is 11.7 Å². The Kier molecular flexibility index (Phi) is 5.27. The van der Waals surface area contributed by atoms with E-state index in [0.29, 0.717) is 37.2 Å². The number of halogens is 1. The van der Waals surface area contributed by atoms with E-state index in [0.717, 1.165) is 17.0 Å². The molecule has 0 N–H and O–H groups in total. The van der Waals surface area contributed by atoms with Gasteiger partial charge < -0.3 is 14.4 Å². The second kappa shape index (κ2) is 8.00. The van der Waals surface area contributed by atoms with Crippen LogP contribution in [0.3, 0.4) is 0 Å². The largest absolute Gasteiger partial charge is 0.497 e. The molecule has 1 saturated heterocycles. The molecule has 0 aliphatic carbocycles. The van der Waals surface area contributed by atoms with E-state index < -0.39 is 0 Å². The minimum atomic E-state index is -0.203. The fourth-order valence-electron chi connectivity index (χ4n) is 3.00. The molecule has 0 atom stereocenters. The summed E-state index contributed by atoms with van der Waals surface area (Å²) in [5.74, 6) is 1.26. The molecule has 7 nitrogen and oxygen atoms in total. The van der Waals surface area contributed by atoms with Crippen LogP contribution in [0.5, 0.6) is 5.75 Å². The van der Waals surface area contributed by atoms with Crippen molar-refractivity contribution >= 4 is 17.5 Å². The normalized spacial score (nSPS) is 14.1. The van der Waals surface area contributed by atoms with Gasteiger partial charge in [-0.1, -0.05) is 11.6 Å². The molecule has 1 aliphatic heterocycles. The van der Waals surface area contributed by atoms with E-state index >= 15 is 0 Å². The highest BCUT2D eigenvalue weighted by atomic mass is 35.5. The van der Waals surface area contributed by atoms with Gasteiger partial charge in [-0.15, -0.1) is 5.10 Å². The van der Waals surface area contributed by atoms with Crippen LogP contribution < -0.4 is 4.74 Å². The molecular formula is C20H19ClN4O3. The van der Waals surface area contributed by atoms with Crippen molar-refractivity contribution in [2.45, 2.75) is 0 Å². The van der Waals surface area contributed by atoms with E-state index in [4.69, 9.17) is 21.1 Å². The molecule has 0 unspecified atom stereocenters. The highest BCUT2D eigenvalue weighted by molar-refractivity contribution is 6.30. The Balaban J connectivity index is 1.76. The molecule has 1 amide bonds. The second-order valence-corrected chi connectivity index (χ2v) is 6.72. The fraction of sp³-hybridized carbons (Fsp3) is 0.250. The van der Waals surface area contributed by atoms with Crippen LogP contribution in [-0.2, 0) is 4.74 Å². The van der Waals surface area contributed by atoms with Gasteiger partial charge in [0.2, 0.25) is 5.82 Å². The standard InChI is InChI=1S/C20H19ClN4O3/c1-27-17-8-2-14(3-9-17)19-22-18(20(26)24-10-12-28-13-11-24)23-25(19)16-6-4-15(21)5-7-16/h2-9H,10-13H2,1H3. The van der Waals surface area contributed by atoms with Gasteiger partial charge in [-0.2, -0.15) is 0 Å². The van der Waals surface area contributed by atoms with Crippen molar-refractivity contribution < 1.29 is 14.3 Å². The van der Waals surface area contributed by atoms with Crippen LogP contribution in [0.25, 0.3) is 17.1 Å². The number of methoxy groups -OCH3 is 1. The first-order valence-electron chi connectivity index (χ1n) is 8.90. The molecule has 1 aromatic heterocycles. The molecule has 2 heterocycles. The van der Waals surface area contributed by atoms with E-state index in [1.54, 1.807) is 28.8 Å². The number of amides is 1. The van der Waals surface area contributed by atoms with Gasteiger partial charge in [0.05, 0.1) is 26.0 Å². The molecule has 0 radical (unpaired) electrons. The predicted molar refractivity (Wildman–Crippen MR) is 105 cm³/mol. The number of aromatic nitrogens is 3. The Morgan fingerprint density at radius 1 is 1.07 bits per heavy atom. The van der Waals surface area contributed by atoms with Crippen molar-refractivity contribution in [2.24, 2.45) is 0 Å². The van der Waals surface area contributed by atoms with Crippen LogP contribution in [0.15, 0.2) is 48.5 Å². The number of hydrogen-bond acceptors (Lipinski definition) is 5. The molecule has 1 fully saturated rings. The summed E-state index contributed by atoms with van der Waals surface area (Å²) in [5, 5.41) is 5.13. The SMILES string of the molecule is COc1ccc(-c2nc(C(=O)N3CCOCC3)nn2-c2ccc(Cl)cc2)cc1. The number of benzene rings is 2. The molecule has 28 heavy (non-hydrogen) atoms. The Morgan fingerprint density at radius 3 is 2.39 bits per heavy atom. The zero-order valence-corrected chi connectivity index (χ0v) is 16.1. The monoisotopic (exact) mass is 398 g/mol. The van der Waals surface area contributed by atoms with Crippen LogP contribution in [-0.4, -0.2) is 59.0 Å². The maximum Gasteiger partial charge on any atom is 0.293 e. The van der Waals surface area contributed by atoms with Gasteiger partial charge in [0, 0.05) is 23.7 Å². The second-order valence-electron chi connectivity index (χ2n) is 6.28. The smallest absolute Gasteiger partial charge is 0.293 e. The van der Waals surface area contributed by atoms with Gasteiger partial charge in [-0.3, -0.25) is 4.79 Å². The van der Waals surface area contributed by atoms with Gasteiger partial charge in [0.1, 0.15) is 5.75 Å². The minimum Gasteiger partial charge on any atom is -0.497 e. The topological polar surface area (TPSA) is 69.5 Å². The van der Waals surface area contributed by atoms with Crippen molar-refractivity contribution in [2.75, 3.05) is 33.4 Å². The van der Waals surface area contributed by atoms with E-state index in [1.807, 2.05) is 36.4 Å². The summed E-state index contributed by atoms with van der Waals surface area (Å²) in [6.07, 6.45) is 0. The first-order valence-corrected chi connectivity index (χ1v) is 9.28. The molecule has 3 aromatic rings. The minimum absolute atomic E-state index is 0.155. The number of hydrogen-bond donors (Lipinski definition) is 0. The lowest BCUT2D eigenvalue weighted by atomic mass is 10.2. The van der Waals surface area contributed by atoms with Crippen LogP contribution in [0.4, 0.5) is 0 Å². The average Bonchev–Trinajstić information content (AvgIpc) is 3.20. The lowest BCUT2D eigenvalue weighted by Gasteiger charge is -2.25. The van der Waals surface area contributed by atoms with Crippen molar-refractivity contribution in [3.05, 3.63) is 59.4 Å². The lowest BCUT2D eigenvalue weighted by molar-refractivity contribution is 0.0295. The van der Waals surface area contributed by atoms with Gasteiger partial charge >= 0.3 is 0 Å². The van der Waals surface area contributed by atoms with E-state index in [9.17, 15) is 4.79 Å². The zero-order valence-electron chi connectivity index (χ0n) is 15.3. The van der Waals surface area contributed by atoms with Gasteiger partial charge in [0.15, 0.2) is 5.82 Å². The van der Waals surface area contributed by atoms with Gasteiger partial charge in [-0.25, -0.2) is 9.67 Å². The van der Waals surface area contributed by atoms with Crippen LogP contribution in [0.1, 0.15) is 10.6 Å². The zero-order chi connectivity index (χ0) is 19.5. The molecule has 144 valence electrons. The van der Waals surface area contributed by atoms with Crippen molar-refractivity contribution in [3.8, 4) is 22.8 Å². The van der Waals surface area contributed by atoms with Crippen molar-refractivity contribution in [3.63, 3.8) is 0 Å². The number of morpholine rings is 1. The number of nitrogens with zero attached hydrogens (tertiary/aromatic N) is 4. The molecule has 0 saturated carbocycles. The lowest BCUT2D eigenvalue weighted by Crippen LogP contribution is -2.41. The van der Waals surface area contributed by atoms with E-state index in [1.165, 1.54) is 0 Å². The molecule has 1 aliphatic rings. The Morgan fingerprint density at radius 2 is 1.75 bits per heavy atom. The van der Waals surface area contributed by atoms with Crippen LogP contribution >= 0.6 is 11.6 Å². The highest BCUT2D eigenvalue weighted by Crippen LogP contribution is 2.25. The first-order chi connectivity index (χ1) is 13.7. The quantitative estimate of drug-likeness (QED) is 0.675. The maximum absolute atomic E-state index is 12.9. The third-order valence-electron chi connectivity index (χ3n) is 4.52. The number of carbonyl (C=O) groups is 1. The number of rotatable bonds is 4. The predicted octanol–water partition coefficient (Wildman–Crippen LogP) is 3.07. The molecule has 8 heteroatoms. The molecule has 0 bridgehead atoms. The summed E-state index contributed by atoms with van der Waals surface area (Å²) in [4.78, 5) is 19.1. The summed E-state index contributed by atoms with van der Waals surface area (Å²) in [6.45, 7) is 2.11. The third kappa shape index (κ3) is 3.72. The first kappa shape index (κ1) is 18.5. The summed E-state index contributed by atoms with van der Waals surface area (Å²) in [6, 6.07) is 14.7. The van der Waals surface area contributed by atoms with Crippen LogP contribution in [0.2, 0.25) is 5.02 Å². The Bertz CT molecular complexity index is 964. The Hall–Kier alpha value is -2.90. The summed E-state index contributed by atoms with van der Waals surface area (Å²) in [5.41, 5.74) is 1.59. The summed E-state index contributed by atoms with van der Waals surface area (Å²) < 4.78 is 12.2. The Labute approximate surface area is 167 Å². The molecule has 4 rings (SSSR count). The molecule has 2 aromatic carbocycles.